The summed E-state index contributed by atoms with van der Waals surface area (Å²) in [4.78, 5) is 0. The van der Waals surface area contributed by atoms with Crippen molar-refractivity contribution in [3.8, 4) is 23.0 Å². The van der Waals surface area contributed by atoms with Gasteiger partial charge in [0.05, 0.1) is 66.1 Å². The van der Waals surface area contributed by atoms with E-state index in [0.29, 0.717) is 69.2 Å². The van der Waals surface area contributed by atoms with Crippen LogP contribution in [-0.2, 0) is 80.1 Å². The van der Waals surface area contributed by atoms with Gasteiger partial charge in [-0.25, -0.2) is 0 Å². The van der Waals surface area contributed by atoms with Crippen LogP contribution >= 0.6 is 30.4 Å². The molecule has 4 aromatic rings. The fraction of sp³-hybridized carbons (Fsp3) is 0.636. The maximum atomic E-state index is 15.4. The first-order valence-corrected chi connectivity index (χ1v) is 38.7. The second kappa shape index (κ2) is 37.7. The number of phenols is 2. The Kier molecular flexibility index (Phi) is 32.2. The first-order valence-electron chi connectivity index (χ1n) is 32.2. The van der Waals surface area contributed by atoms with Crippen LogP contribution < -0.4 is 9.47 Å². The molecule has 0 amide bonds. The second-order valence-corrected chi connectivity index (χ2v) is 31.1. The molecule has 0 heterocycles. The van der Waals surface area contributed by atoms with E-state index in [1.807, 2.05) is 36.4 Å². The molecule has 0 aromatic heterocycles. The van der Waals surface area contributed by atoms with Gasteiger partial charge in [-0.2, -0.15) is 0 Å². The highest BCUT2D eigenvalue weighted by atomic mass is 31.2. The van der Waals surface area contributed by atoms with Gasteiger partial charge in [0, 0.05) is 25.7 Å². The van der Waals surface area contributed by atoms with Gasteiger partial charge in [-0.05, 0) is 124 Å². The van der Waals surface area contributed by atoms with Crippen LogP contribution in [0.2, 0.25) is 0 Å². The molecule has 4 aromatic carbocycles. The van der Waals surface area contributed by atoms with Crippen LogP contribution in [0, 0.1) is 0 Å². The predicted molar refractivity (Wildman–Crippen MR) is 345 cm³/mol. The molecule has 20 heteroatoms. The van der Waals surface area contributed by atoms with Crippen molar-refractivity contribution in [2.45, 2.75) is 208 Å². The van der Waals surface area contributed by atoms with Gasteiger partial charge >= 0.3 is 30.4 Å². The molecule has 0 saturated carbocycles. The number of rotatable bonds is 42. The van der Waals surface area contributed by atoms with E-state index < -0.39 is 41.2 Å². The lowest BCUT2D eigenvalue weighted by atomic mass is 9.90. The van der Waals surface area contributed by atoms with E-state index in [4.69, 9.17) is 45.7 Å². The van der Waals surface area contributed by atoms with E-state index in [9.17, 15) is 10.2 Å². The number of benzene rings is 4. The Bertz CT molecular complexity index is 2500. The van der Waals surface area contributed by atoms with Gasteiger partial charge in [0.15, 0.2) is 10.8 Å². The van der Waals surface area contributed by atoms with Gasteiger partial charge < -0.3 is 55.9 Å². The molecule has 86 heavy (non-hydrogen) atoms. The Morgan fingerprint density at radius 3 is 0.779 bits per heavy atom. The number of para-hydroxylation sites is 2. The fourth-order valence-corrected chi connectivity index (χ4v) is 22.2. The van der Waals surface area contributed by atoms with Gasteiger partial charge in [-0.15, -0.1) is 0 Å². The lowest BCUT2D eigenvalue weighted by Gasteiger charge is -2.32. The third kappa shape index (κ3) is 20.3. The number of hydrogen-bond acceptors (Lipinski definition) is 16. The second-order valence-electron chi connectivity index (χ2n) is 21.8. The first kappa shape index (κ1) is 73.4. The summed E-state index contributed by atoms with van der Waals surface area (Å²) in [6.07, 6.45) is 17.7. The van der Waals surface area contributed by atoms with Crippen LogP contribution in [0.25, 0.3) is 0 Å². The summed E-state index contributed by atoms with van der Waals surface area (Å²) in [5, 5.41) is 22.6. The normalized spacial score (nSPS) is 13.3. The maximum Gasteiger partial charge on any atom is 0.350 e. The molecule has 2 N–H and O–H groups in total. The van der Waals surface area contributed by atoms with Gasteiger partial charge in [0.1, 0.15) is 23.0 Å². The minimum Gasteiger partial charge on any atom is -0.507 e. The number of fused-ring (bicyclic) bond motifs is 8. The van der Waals surface area contributed by atoms with E-state index in [2.05, 4.69) is 13.8 Å². The number of hydrogen-bond donors (Lipinski definition) is 2. The summed E-state index contributed by atoms with van der Waals surface area (Å²) in [7, 11) is -17.5. The summed E-state index contributed by atoms with van der Waals surface area (Å²) < 4.78 is 124. The number of unbranched alkanes of at least 4 members (excludes halogenated alkanes) is 14. The maximum absolute atomic E-state index is 15.4. The molecular weight excluding hydrogens is 1170 g/mol. The highest BCUT2D eigenvalue weighted by molar-refractivity contribution is 7.72. The van der Waals surface area contributed by atoms with Crippen molar-refractivity contribution < 1.29 is 74.1 Å². The molecule has 0 atom stereocenters. The molecular formula is C66H104O16P4. The number of ether oxygens (including phenoxy) is 2. The molecule has 1 aliphatic rings. The van der Waals surface area contributed by atoms with Crippen molar-refractivity contribution in [2.75, 3.05) is 66.1 Å². The van der Waals surface area contributed by atoms with Crippen molar-refractivity contribution in [1.82, 2.24) is 0 Å². The zero-order valence-electron chi connectivity index (χ0n) is 53.5. The molecule has 0 spiro atoms. The zero-order valence-corrected chi connectivity index (χ0v) is 57.1. The van der Waals surface area contributed by atoms with Crippen LogP contribution in [0.3, 0.4) is 0 Å². The topological polar surface area (TPSA) is 201 Å². The lowest BCUT2D eigenvalue weighted by molar-refractivity contribution is 0.193. The molecule has 5 rings (SSSR count). The molecule has 8 bridgehead atoms. The summed E-state index contributed by atoms with van der Waals surface area (Å²) in [5.74, 6) is 0.955. The minimum absolute atomic E-state index is 0.0288. The third-order valence-corrected chi connectivity index (χ3v) is 27.1. The molecule has 0 saturated heterocycles. The monoisotopic (exact) mass is 1280 g/mol. The van der Waals surface area contributed by atoms with Gasteiger partial charge in [-0.3, -0.25) is 18.3 Å². The van der Waals surface area contributed by atoms with E-state index in [0.717, 1.165) is 51.4 Å². The standard InChI is InChI=1S/C66H104O16P4/c1-11-21-23-25-27-29-31-33-41-73-63-51-37-35-38-52(63)44-56-48-60(66(85(71,79-17-7)80-18-8)86(72,81-19-9)82-20-10)50-58(62(56)68)46-54-40-36-39-53(64(54)74-42-34-32-30-28-26-24-22-12-2)45-57-49-59(47-55(43-51)61(57)67)65(83(69,75-13-3)76-14-4)84(70,77-15-5)78-16-6/h35-40,47-50,65-68H,11-34,41-46H2,1-10H3. The number of aromatic hydroxyl groups is 2. The molecule has 0 unspecified atom stereocenters. The first-order chi connectivity index (χ1) is 41.5. The highest BCUT2D eigenvalue weighted by Gasteiger charge is 2.54. The average molecular weight is 1280 g/mol. The molecule has 0 radical (unpaired) electrons. The Morgan fingerprint density at radius 2 is 0.558 bits per heavy atom. The Morgan fingerprint density at radius 1 is 0.337 bits per heavy atom. The smallest absolute Gasteiger partial charge is 0.350 e. The van der Waals surface area contributed by atoms with Crippen LogP contribution in [0.5, 0.6) is 23.0 Å². The van der Waals surface area contributed by atoms with Gasteiger partial charge in [0.2, 0.25) is 0 Å². The SMILES string of the molecule is CCCCCCCCCCOc1c2cccc1Cc1cc(C(P(=O)(OCC)OCC)P(=O)(OCC)OCC)cc(c1O)Cc1cccc(c1OCCCCCCCCCC)Cc1cc(C(P(=O)(OCC)OCC)P(=O)(OCC)OCC)cc(c1O)C2. The predicted octanol–water partition coefficient (Wildman–Crippen LogP) is 19.9. The van der Waals surface area contributed by atoms with Crippen LogP contribution in [0.1, 0.15) is 238 Å². The highest BCUT2D eigenvalue weighted by Crippen LogP contribution is 2.80. The van der Waals surface area contributed by atoms with Crippen molar-refractivity contribution in [1.29, 1.82) is 0 Å². The summed E-state index contributed by atoms with van der Waals surface area (Å²) in [6, 6.07) is 18.3. The quantitative estimate of drug-likeness (QED) is 0.0276. The molecule has 16 nitrogen and oxygen atoms in total. The Labute approximate surface area is 516 Å². The minimum atomic E-state index is -4.38. The largest absolute Gasteiger partial charge is 0.507 e. The molecule has 0 aliphatic heterocycles. The summed E-state index contributed by atoms with van der Waals surface area (Å²) >= 11 is 0. The van der Waals surface area contributed by atoms with Crippen LogP contribution in [-0.4, -0.2) is 76.3 Å². The fourth-order valence-electron chi connectivity index (χ4n) is 11.5. The van der Waals surface area contributed by atoms with E-state index in [1.54, 1.807) is 79.7 Å². The summed E-state index contributed by atoms with van der Waals surface area (Å²) in [5.41, 5.74) is 4.88. The van der Waals surface area contributed by atoms with E-state index >= 15 is 18.3 Å². The van der Waals surface area contributed by atoms with Crippen LogP contribution in [0.15, 0.2) is 60.7 Å². The van der Waals surface area contributed by atoms with E-state index in [-0.39, 0.29) is 101 Å². The van der Waals surface area contributed by atoms with Gasteiger partial charge in [-0.1, -0.05) is 164 Å². The average Bonchev–Trinajstić information content (AvgIpc) is 1.29. The van der Waals surface area contributed by atoms with Crippen LogP contribution in [0.4, 0.5) is 0 Å². The van der Waals surface area contributed by atoms with E-state index in [1.165, 1.54) is 51.4 Å². The lowest BCUT2D eigenvalue weighted by Crippen LogP contribution is -2.13. The Balaban J connectivity index is 1.88. The zero-order chi connectivity index (χ0) is 62.6. The summed E-state index contributed by atoms with van der Waals surface area (Å²) in [6.45, 7) is 18.5. The molecule has 484 valence electrons. The van der Waals surface area contributed by atoms with Crippen molar-refractivity contribution in [3.05, 3.63) is 116 Å². The van der Waals surface area contributed by atoms with Crippen molar-refractivity contribution in [2.24, 2.45) is 0 Å². The third-order valence-electron chi connectivity index (χ3n) is 15.2. The van der Waals surface area contributed by atoms with Crippen molar-refractivity contribution in [3.63, 3.8) is 0 Å². The molecule has 1 aliphatic carbocycles. The van der Waals surface area contributed by atoms with Crippen molar-refractivity contribution >= 4 is 30.4 Å². The van der Waals surface area contributed by atoms with Gasteiger partial charge in [0.25, 0.3) is 0 Å². The molecule has 0 fully saturated rings. The number of phenolic OH excluding ortho intramolecular Hbond substituents is 2. The Hall–Kier alpha value is -3.32.